The predicted octanol–water partition coefficient (Wildman–Crippen LogP) is 2.56. The molecular formula is C12H13ClFNO. The van der Waals surface area contributed by atoms with Gasteiger partial charge in [-0.25, -0.2) is 4.39 Å². The zero-order valence-electron chi connectivity index (χ0n) is 8.80. The lowest BCUT2D eigenvalue weighted by molar-refractivity contribution is -0.118. The second-order valence-corrected chi connectivity index (χ2v) is 4.30. The van der Waals surface area contributed by atoms with Gasteiger partial charge in [-0.2, -0.15) is 0 Å². The van der Waals surface area contributed by atoms with Crippen molar-refractivity contribution >= 4 is 17.5 Å². The van der Waals surface area contributed by atoms with Gasteiger partial charge in [-0.1, -0.05) is 12.1 Å². The molecule has 0 saturated heterocycles. The summed E-state index contributed by atoms with van der Waals surface area (Å²) >= 11 is 5.33. The van der Waals surface area contributed by atoms with Crippen LogP contribution in [0.15, 0.2) is 18.2 Å². The Balaban J connectivity index is 2.01. The van der Waals surface area contributed by atoms with Crippen molar-refractivity contribution in [3.8, 4) is 0 Å². The highest BCUT2D eigenvalue weighted by Crippen LogP contribution is 2.40. The predicted molar refractivity (Wildman–Crippen MR) is 60.9 cm³/mol. The minimum absolute atomic E-state index is 0.0955. The van der Waals surface area contributed by atoms with Gasteiger partial charge in [0.2, 0.25) is 5.91 Å². The Bertz CT molecular complexity index is 404. The van der Waals surface area contributed by atoms with E-state index in [9.17, 15) is 9.18 Å². The fourth-order valence-electron chi connectivity index (χ4n) is 1.62. The van der Waals surface area contributed by atoms with Gasteiger partial charge in [0, 0.05) is 12.1 Å². The fraction of sp³-hybridized carbons (Fsp3) is 0.417. The van der Waals surface area contributed by atoms with Gasteiger partial charge in [-0.15, -0.1) is 11.6 Å². The van der Waals surface area contributed by atoms with Crippen LogP contribution in [0.5, 0.6) is 0 Å². The van der Waals surface area contributed by atoms with Gasteiger partial charge in [-0.05, 0) is 30.4 Å². The Morgan fingerprint density at radius 1 is 1.50 bits per heavy atom. The van der Waals surface area contributed by atoms with Gasteiger partial charge in [0.15, 0.2) is 0 Å². The van der Waals surface area contributed by atoms with Crippen LogP contribution in [0.3, 0.4) is 0 Å². The molecule has 0 atom stereocenters. The number of amides is 1. The molecule has 16 heavy (non-hydrogen) atoms. The summed E-state index contributed by atoms with van der Waals surface area (Å²) in [6.45, 7) is 0.197. The second-order valence-electron chi connectivity index (χ2n) is 4.04. The van der Waals surface area contributed by atoms with Crippen molar-refractivity contribution in [3.05, 3.63) is 35.1 Å². The van der Waals surface area contributed by atoms with E-state index < -0.39 is 0 Å². The number of carbonyl (C=O) groups is 1. The summed E-state index contributed by atoms with van der Waals surface area (Å²) in [6.07, 6.45) is 2.31. The molecule has 0 aromatic heterocycles. The summed E-state index contributed by atoms with van der Waals surface area (Å²) in [6, 6.07) is 5.24. The number of benzene rings is 1. The standard InChI is InChI=1S/C12H13ClFNO/c13-6-12(16)15-7-10-4-3-9(5-11(10)14)8-1-2-8/h3-5,8H,1-2,6-7H2,(H,15,16). The van der Waals surface area contributed by atoms with Crippen LogP contribution >= 0.6 is 11.6 Å². The normalized spacial score (nSPS) is 14.9. The van der Waals surface area contributed by atoms with Crippen molar-refractivity contribution in [1.29, 1.82) is 0 Å². The van der Waals surface area contributed by atoms with Crippen LogP contribution in [0.25, 0.3) is 0 Å². The van der Waals surface area contributed by atoms with Crippen molar-refractivity contribution in [1.82, 2.24) is 5.32 Å². The number of rotatable bonds is 4. The number of halogens is 2. The summed E-state index contributed by atoms with van der Waals surface area (Å²) in [5.41, 5.74) is 1.56. The minimum Gasteiger partial charge on any atom is -0.351 e. The van der Waals surface area contributed by atoms with Crippen LogP contribution in [0.1, 0.15) is 29.9 Å². The second kappa shape index (κ2) is 4.83. The highest BCUT2D eigenvalue weighted by atomic mass is 35.5. The molecule has 0 bridgehead atoms. The SMILES string of the molecule is O=C(CCl)NCc1ccc(C2CC2)cc1F. The summed E-state index contributed by atoms with van der Waals surface area (Å²) in [5, 5.41) is 2.54. The van der Waals surface area contributed by atoms with E-state index in [1.165, 1.54) is 0 Å². The molecule has 0 aliphatic heterocycles. The third kappa shape index (κ3) is 2.73. The van der Waals surface area contributed by atoms with Gasteiger partial charge in [-0.3, -0.25) is 4.79 Å². The lowest BCUT2D eigenvalue weighted by atomic mass is 10.1. The van der Waals surface area contributed by atoms with Gasteiger partial charge >= 0.3 is 0 Å². The first kappa shape index (κ1) is 11.4. The van der Waals surface area contributed by atoms with Crippen molar-refractivity contribution in [2.75, 3.05) is 5.88 Å². The quantitative estimate of drug-likeness (QED) is 0.807. The molecule has 0 unspecified atom stereocenters. The molecule has 1 aliphatic rings. The largest absolute Gasteiger partial charge is 0.351 e. The Hall–Kier alpha value is -1.09. The highest BCUT2D eigenvalue weighted by Gasteiger charge is 2.24. The van der Waals surface area contributed by atoms with E-state index in [1.54, 1.807) is 12.1 Å². The number of alkyl halides is 1. The zero-order chi connectivity index (χ0) is 11.5. The minimum atomic E-state index is -0.285. The Morgan fingerprint density at radius 2 is 2.25 bits per heavy atom. The Morgan fingerprint density at radius 3 is 2.81 bits per heavy atom. The molecule has 0 heterocycles. The van der Waals surface area contributed by atoms with Gasteiger partial charge < -0.3 is 5.32 Å². The van der Waals surface area contributed by atoms with Crippen LogP contribution in [0.4, 0.5) is 4.39 Å². The van der Waals surface area contributed by atoms with Crippen LogP contribution in [0.2, 0.25) is 0 Å². The molecule has 0 spiro atoms. The topological polar surface area (TPSA) is 29.1 Å². The summed E-state index contributed by atoms with van der Waals surface area (Å²) in [4.78, 5) is 10.9. The first-order valence-corrected chi connectivity index (χ1v) is 5.85. The number of hydrogen-bond donors (Lipinski definition) is 1. The molecule has 1 aliphatic carbocycles. The maximum absolute atomic E-state index is 13.6. The maximum atomic E-state index is 13.6. The molecule has 1 N–H and O–H groups in total. The van der Waals surface area contributed by atoms with E-state index in [0.29, 0.717) is 11.5 Å². The number of nitrogens with one attached hydrogen (secondary N) is 1. The lowest BCUT2D eigenvalue weighted by Gasteiger charge is -2.06. The lowest BCUT2D eigenvalue weighted by Crippen LogP contribution is -2.24. The fourth-order valence-corrected chi connectivity index (χ4v) is 1.71. The molecule has 1 fully saturated rings. The van der Waals surface area contributed by atoms with Crippen molar-refractivity contribution < 1.29 is 9.18 Å². The summed E-state index contributed by atoms with van der Waals surface area (Å²) < 4.78 is 13.6. The van der Waals surface area contributed by atoms with Gasteiger partial charge in [0.05, 0.1) is 0 Å². The molecule has 1 saturated carbocycles. The van der Waals surface area contributed by atoms with Gasteiger partial charge in [0.25, 0.3) is 0 Å². The first-order valence-electron chi connectivity index (χ1n) is 5.31. The molecule has 1 aromatic rings. The molecule has 2 rings (SSSR count). The zero-order valence-corrected chi connectivity index (χ0v) is 9.56. The van der Waals surface area contributed by atoms with E-state index in [0.717, 1.165) is 18.4 Å². The smallest absolute Gasteiger partial charge is 0.235 e. The van der Waals surface area contributed by atoms with E-state index in [4.69, 9.17) is 11.6 Å². The van der Waals surface area contributed by atoms with E-state index in [-0.39, 0.29) is 24.1 Å². The maximum Gasteiger partial charge on any atom is 0.235 e. The average molecular weight is 242 g/mol. The van der Waals surface area contributed by atoms with Crippen LogP contribution in [0, 0.1) is 5.82 Å². The van der Waals surface area contributed by atoms with Crippen LogP contribution in [-0.2, 0) is 11.3 Å². The monoisotopic (exact) mass is 241 g/mol. The number of carbonyl (C=O) groups excluding carboxylic acids is 1. The molecule has 1 aromatic carbocycles. The number of hydrogen-bond acceptors (Lipinski definition) is 1. The molecule has 1 amide bonds. The first-order chi connectivity index (χ1) is 7.70. The molecule has 86 valence electrons. The van der Waals surface area contributed by atoms with Crippen LogP contribution < -0.4 is 5.32 Å². The molecule has 4 heteroatoms. The third-order valence-corrected chi connectivity index (χ3v) is 2.97. The van der Waals surface area contributed by atoms with E-state index >= 15 is 0 Å². The summed E-state index contributed by atoms with van der Waals surface area (Å²) in [7, 11) is 0. The van der Waals surface area contributed by atoms with Crippen molar-refractivity contribution in [2.24, 2.45) is 0 Å². The highest BCUT2D eigenvalue weighted by molar-refractivity contribution is 6.27. The average Bonchev–Trinajstić information content (AvgIpc) is 3.10. The Labute approximate surface area is 98.8 Å². The van der Waals surface area contributed by atoms with Crippen molar-refractivity contribution in [2.45, 2.75) is 25.3 Å². The van der Waals surface area contributed by atoms with E-state index in [2.05, 4.69) is 5.32 Å². The van der Waals surface area contributed by atoms with Crippen LogP contribution in [-0.4, -0.2) is 11.8 Å². The summed E-state index contributed by atoms with van der Waals surface area (Å²) in [5.74, 6) is -0.0884. The van der Waals surface area contributed by atoms with E-state index in [1.807, 2.05) is 6.07 Å². The molecule has 2 nitrogen and oxygen atoms in total. The van der Waals surface area contributed by atoms with Gasteiger partial charge in [0.1, 0.15) is 11.7 Å². The van der Waals surface area contributed by atoms with Crippen molar-refractivity contribution in [3.63, 3.8) is 0 Å². The molecule has 0 radical (unpaired) electrons. The molecular weight excluding hydrogens is 229 g/mol. The Kier molecular flexibility index (Phi) is 3.44. The third-order valence-electron chi connectivity index (χ3n) is 2.72.